The van der Waals surface area contributed by atoms with Crippen LogP contribution in [0.2, 0.25) is 0 Å². The number of hydrogen-bond acceptors (Lipinski definition) is 5. The van der Waals surface area contributed by atoms with Crippen LogP contribution >= 0.6 is 23.3 Å². The molecule has 0 saturated carbocycles. The number of rotatable bonds is 2. The fraction of sp³-hybridized carbons (Fsp3) is 0.600. The van der Waals surface area contributed by atoms with Crippen LogP contribution in [0.4, 0.5) is 0 Å². The smallest absolute Gasteiger partial charge is 0.170 e. The van der Waals surface area contributed by atoms with E-state index in [-0.39, 0.29) is 0 Å². The molecule has 0 radical (unpaired) electrons. The lowest BCUT2D eigenvalue weighted by atomic mass is 10.3. The Hall–Kier alpha value is -0.130. The maximum atomic E-state index is 4.08. The van der Waals surface area contributed by atoms with E-state index in [9.17, 15) is 0 Å². The number of nitrogens with zero attached hydrogens (tertiary/aromatic N) is 2. The van der Waals surface area contributed by atoms with Gasteiger partial charge >= 0.3 is 0 Å². The molecule has 54 valence electrons. The van der Waals surface area contributed by atoms with Crippen molar-refractivity contribution >= 4 is 23.3 Å². The third-order valence-corrected chi connectivity index (χ3v) is 3.30. The van der Waals surface area contributed by atoms with E-state index in [4.69, 9.17) is 0 Å². The van der Waals surface area contributed by atoms with Gasteiger partial charge in [0.1, 0.15) is 6.33 Å². The highest BCUT2D eigenvalue weighted by atomic mass is 32.2. The highest BCUT2D eigenvalue weighted by molar-refractivity contribution is 8.01. The van der Waals surface area contributed by atoms with Crippen LogP contribution in [-0.2, 0) is 0 Å². The Balaban J connectivity index is 1.90. The van der Waals surface area contributed by atoms with Gasteiger partial charge < -0.3 is 5.32 Å². The number of nitrogens with one attached hydrogen (secondary N) is 1. The topological polar surface area (TPSA) is 37.8 Å². The lowest BCUT2D eigenvalue weighted by molar-refractivity contribution is 0.543. The average molecular weight is 173 g/mol. The number of thioether (sulfide) groups is 1. The Kier molecular flexibility index (Phi) is 1.88. The van der Waals surface area contributed by atoms with E-state index in [1.54, 1.807) is 6.33 Å². The number of aromatic nitrogens is 2. The predicted octanol–water partition coefficient (Wildman–Crippen LogP) is 0.602. The average Bonchev–Trinajstić information content (AvgIpc) is 2.29. The van der Waals surface area contributed by atoms with E-state index in [2.05, 4.69) is 14.7 Å². The minimum absolute atomic E-state index is 0.730. The Morgan fingerprint density at radius 3 is 3.10 bits per heavy atom. The Morgan fingerprint density at radius 1 is 1.70 bits per heavy atom. The van der Waals surface area contributed by atoms with Crippen LogP contribution in [0.5, 0.6) is 0 Å². The van der Waals surface area contributed by atoms with E-state index in [0.29, 0.717) is 0 Å². The van der Waals surface area contributed by atoms with Crippen LogP contribution in [0, 0.1) is 0 Å². The summed E-state index contributed by atoms with van der Waals surface area (Å²) in [5.41, 5.74) is 0. The molecule has 1 fully saturated rings. The third kappa shape index (κ3) is 1.31. The molecule has 0 aromatic carbocycles. The normalized spacial score (nSPS) is 18.8. The molecular formula is C5H7N3S2. The molecule has 0 amide bonds. The zero-order valence-electron chi connectivity index (χ0n) is 5.28. The number of hydrogen-bond donors (Lipinski definition) is 1. The predicted molar refractivity (Wildman–Crippen MR) is 42.4 cm³/mol. The maximum absolute atomic E-state index is 4.08. The fourth-order valence-corrected chi connectivity index (χ4v) is 2.49. The summed E-state index contributed by atoms with van der Waals surface area (Å²) < 4.78 is 5.01. The van der Waals surface area contributed by atoms with Crippen LogP contribution in [0.1, 0.15) is 0 Å². The molecule has 0 bridgehead atoms. The molecule has 10 heavy (non-hydrogen) atoms. The first kappa shape index (κ1) is 6.57. The van der Waals surface area contributed by atoms with Gasteiger partial charge in [0.15, 0.2) is 4.34 Å². The molecule has 1 N–H and O–H groups in total. The quantitative estimate of drug-likeness (QED) is 0.711. The summed E-state index contributed by atoms with van der Waals surface area (Å²) in [6.45, 7) is 2.23. The molecule has 0 atom stereocenters. The summed E-state index contributed by atoms with van der Waals surface area (Å²) in [6, 6.07) is 0. The largest absolute Gasteiger partial charge is 0.314 e. The zero-order valence-corrected chi connectivity index (χ0v) is 6.91. The molecule has 2 heterocycles. The van der Waals surface area contributed by atoms with Gasteiger partial charge in [-0.3, -0.25) is 0 Å². The van der Waals surface area contributed by atoms with Gasteiger partial charge in [0.05, 0.1) is 0 Å². The van der Waals surface area contributed by atoms with E-state index in [0.717, 1.165) is 22.7 Å². The minimum Gasteiger partial charge on any atom is -0.314 e. The van der Waals surface area contributed by atoms with Crippen molar-refractivity contribution in [2.24, 2.45) is 0 Å². The molecule has 1 saturated heterocycles. The second-order valence-corrected chi connectivity index (χ2v) is 4.43. The van der Waals surface area contributed by atoms with Crippen molar-refractivity contribution < 1.29 is 0 Å². The Morgan fingerprint density at radius 2 is 2.60 bits per heavy atom. The molecular weight excluding hydrogens is 166 g/mol. The Bertz CT molecular complexity index is 195. The van der Waals surface area contributed by atoms with Gasteiger partial charge in [0.2, 0.25) is 0 Å². The maximum Gasteiger partial charge on any atom is 0.170 e. The van der Waals surface area contributed by atoms with E-state index in [1.165, 1.54) is 11.5 Å². The van der Waals surface area contributed by atoms with Gasteiger partial charge in [0.25, 0.3) is 0 Å². The van der Waals surface area contributed by atoms with Crippen LogP contribution in [-0.4, -0.2) is 27.7 Å². The van der Waals surface area contributed by atoms with Gasteiger partial charge in [-0.25, -0.2) is 4.98 Å². The summed E-state index contributed by atoms with van der Waals surface area (Å²) in [5.74, 6) is 0. The fourth-order valence-electron chi connectivity index (χ4n) is 0.703. The summed E-state index contributed by atoms with van der Waals surface area (Å²) in [7, 11) is 0. The van der Waals surface area contributed by atoms with E-state index in [1.807, 2.05) is 11.8 Å². The van der Waals surface area contributed by atoms with Gasteiger partial charge in [-0.15, -0.1) is 0 Å². The zero-order chi connectivity index (χ0) is 6.81. The van der Waals surface area contributed by atoms with Crippen LogP contribution < -0.4 is 5.32 Å². The molecule has 0 aliphatic carbocycles. The molecule has 0 spiro atoms. The first-order chi connectivity index (χ1) is 4.95. The first-order valence-corrected chi connectivity index (χ1v) is 4.74. The summed E-state index contributed by atoms with van der Waals surface area (Å²) >= 11 is 3.29. The van der Waals surface area contributed by atoms with E-state index >= 15 is 0 Å². The van der Waals surface area contributed by atoms with Crippen molar-refractivity contribution in [2.45, 2.75) is 9.59 Å². The van der Waals surface area contributed by atoms with Gasteiger partial charge in [-0.1, -0.05) is 11.8 Å². The Labute approximate surface area is 67.4 Å². The molecule has 5 heteroatoms. The summed E-state index contributed by atoms with van der Waals surface area (Å²) in [5, 5.41) is 3.94. The highest BCUT2D eigenvalue weighted by Gasteiger charge is 2.18. The minimum atomic E-state index is 0.730. The summed E-state index contributed by atoms with van der Waals surface area (Å²) in [6.07, 6.45) is 1.61. The van der Waals surface area contributed by atoms with Crippen molar-refractivity contribution in [1.29, 1.82) is 0 Å². The van der Waals surface area contributed by atoms with Crippen molar-refractivity contribution in [1.82, 2.24) is 14.7 Å². The standard InChI is InChI=1S/C5H7N3S2/c1-4(2-6-1)9-5-7-3-8-10-5/h3-4,6H,1-2H2. The lowest BCUT2D eigenvalue weighted by Crippen LogP contribution is -2.44. The van der Waals surface area contributed by atoms with Gasteiger partial charge in [-0.2, -0.15) is 4.37 Å². The van der Waals surface area contributed by atoms with Crippen molar-refractivity contribution in [2.75, 3.05) is 13.1 Å². The monoisotopic (exact) mass is 173 g/mol. The highest BCUT2D eigenvalue weighted by Crippen LogP contribution is 2.25. The SMILES string of the molecule is c1nsc(SC2CNC2)n1. The van der Waals surface area contributed by atoms with Gasteiger partial charge in [-0.05, 0) is 11.5 Å². The van der Waals surface area contributed by atoms with Crippen LogP contribution in [0.3, 0.4) is 0 Å². The second kappa shape index (κ2) is 2.86. The second-order valence-electron chi connectivity index (χ2n) is 2.11. The summed E-state index contributed by atoms with van der Waals surface area (Å²) in [4.78, 5) is 4.08. The van der Waals surface area contributed by atoms with Crippen LogP contribution in [0.25, 0.3) is 0 Å². The molecule has 1 aromatic heterocycles. The molecule has 0 unspecified atom stereocenters. The molecule has 1 aliphatic heterocycles. The van der Waals surface area contributed by atoms with Gasteiger partial charge in [0, 0.05) is 18.3 Å². The molecule has 3 nitrogen and oxygen atoms in total. The van der Waals surface area contributed by atoms with Crippen molar-refractivity contribution in [3.8, 4) is 0 Å². The van der Waals surface area contributed by atoms with Crippen LogP contribution in [0.15, 0.2) is 10.7 Å². The third-order valence-electron chi connectivity index (χ3n) is 1.35. The van der Waals surface area contributed by atoms with Crippen molar-refractivity contribution in [3.63, 3.8) is 0 Å². The van der Waals surface area contributed by atoms with E-state index < -0.39 is 0 Å². The lowest BCUT2D eigenvalue weighted by Gasteiger charge is -2.24. The molecule has 2 rings (SSSR count). The molecule has 1 aliphatic rings. The first-order valence-electron chi connectivity index (χ1n) is 3.09. The van der Waals surface area contributed by atoms with Crippen molar-refractivity contribution in [3.05, 3.63) is 6.33 Å². The molecule has 1 aromatic rings.